The number of ether oxygens (including phenoxy) is 3. The summed E-state index contributed by atoms with van der Waals surface area (Å²) in [4.78, 5) is 13.0. The van der Waals surface area contributed by atoms with E-state index in [1.807, 2.05) is 0 Å². The molecule has 1 aromatic heterocycles. The predicted molar refractivity (Wildman–Crippen MR) is 111 cm³/mol. The third-order valence-electron chi connectivity index (χ3n) is 5.33. The molecule has 5 N–H and O–H groups in total. The smallest absolute Gasteiger partial charge is 0.229 e. The van der Waals surface area contributed by atoms with Crippen LogP contribution in [0.5, 0.6) is 17.2 Å². The molecule has 0 saturated carbocycles. The molecule has 3 aromatic rings. The van der Waals surface area contributed by atoms with Gasteiger partial charge in [-0.25, -0.2) is 0 Å². The van der Waals surface area contributed by atoms with Crippen molar-refractivity contribution in [3.63, 3.8) is 0 Å². The molecule has 1 aliphatic heterocycles. The Labute approximate surface area is 181 Å². The van der Waals surface area contributed by atoms with Gasteiger partial charge in [-0.15, -0.1) is 0 Å². The highest BCUT2D eigenvalue weighted by molar-refractivity contribution is 5.84. The first-order chi connectivity index (χ1) is 15.3. The molecule has 1 saturated heterocycles. The zero-order chi connectivity index (χ0) is 23.0. The summed E-state index contributed by atoms with van der Waals surface area (Å²) < 4.78 is 21.9. The number of phenolic OH excluding ortho intramolecular Hbond substituents is 1. The van der Waals surface area contributed by atoms with E-state index in [-0.39, 0.29) is 39.2 Å². The Morgan fingerprint density at radius 1 is 1.00 bits per heavy atom. The number of aromatic hydroxyl groups is 1. The topological polar surface area (TPSA) is 159 Å². The molecule has 170 valence electrons. The second kappa shape index (κ2) is 8.77. The highest BCUT2D eigenvalue weighted by Gasteiger charge is 2.45. The maximum absolute atomic E-state index is 13.0. The molecule has 0 bridgehead atoms. The summed E-state index contributed by atoms with van der Waals surface area (Å²) in [7, 11) is 1.35. The molecule has 0 radical (unpaired) electrons. The van der Waals surface area contributed by atoms with Gasteiger partial charge in [-0.1, -0.05) is 12.1 Å². The summed E-state index contributed by atoms with van der Waals surface area (Å²) in [5.74, 6) is 0.241. The van der Waals surface area contributed by atoms with Crippen molar-refractivity contribution in [3.05, 3.63) is 52.9 Å². The summed E-state index contributed by atoms with van der Waals surface area (Å²) in [6, 6.07) is 8.86. The molecule has 0 spiro atoms. The van der Waals surface area contributed by atoms with Gasteiger partial charge in [0, 0.05) is 6.07 Å². The quantitative estimate of drug-likeness (QED) is 0.370. The Kier molecular flexibility index (Phi) is 6.04. The van der Waals surface area contributed by atoms with Crippen LogP contribution in [0.1, 0.15) is 0 Å². The molecule has 5 atom stereocenters. The molecule has 1 fully saturated rings. The minimum Gasteiger partial charge on any atom is -0.508 e. The van der Waals surface area contributed by atoms with Crippen LogP contribution < -0.4 is 14.9 Å². The fourth-order valence-electron chi connectivity index (χ4n) is 3.52. The molecule has 0 amide bonds. The monoisotopic (exact) mass is 446 g/mol. The molecule has 2 aromatic carbocycles. The molecular formula is C22H22O10. The van der Waals surface area contributed by atoms with Gasteiger partial charge in [0.05, 0.1) is 24.7 Å². The summed E-state index contributed by atoms with van der Waals surface area (Å²) in [6.07, 6.45) is -6.04. The summed E-state index contributed by atoms with van der Waals surface area (Å²) in [6.45, 7) is -0.603. The highest BCUT2D eigenvalue weighted by Crippen LogP contribution is 2.35. The molecule has 0 unspecified atom stereocenters. The predicted octanol–water partition coefficient (Wildman–Crippen LogP) is 0.353. The number of methoxy groups -OCH3 is 1. The fourth-order valence-corrected chi connectivity index (χ4v) is 3.52. The number of phenols is 1. The Balaban J connectivity index is 1.71. The van der Waals surface area contributed by atoms with Gasteiger partial charge in [-0.3, -0.25) is 4.79 Å². The summed E-state index contributed by atoms with van der Waals surface area (Å²) in [5, 5.41) is 49.1. The van der Waals surface area contributed by atoms with E-state index in [1.54, 1.807) is 12.1 Å². The lowest BCUT2D eigenvalue weighted by atomic mass is 9.99. The largest absolute Gasteiger partial charge is 0.508 e. The molecule has 10 nitrogen and oxygen atoms in total. The number of fused-ring (bicyclic) bond motifs is 1. The third kappa shape index (κ3) is 3.90. The molecule has 0 aliphatic carbocycles. The average molecular weight is 446 g/mol. The third-order valence-corrected chi connectivity index (χ3v) is 5.33. The number of hydrogen-bond acceptors (Lipinski definition) is 10. The van der Waals surface area contributed by atoms with Gasteiger partial charge in [-0.05, 0) is 23.8 Å². The first-order valence-corrected chi connectivity index (χ1v) is 9.74. The van der Waals surface area contributed by atoms with E-state index in [1.165, 1.54) is 37.6 Å². The van der Waals surface area contributed by atoms with Crippen molar-refractivity contribution in [2.24, 2.45) is 0 Å². The maximum atomic E-state index is 13.0. The van der Waals surface area contributed by atoms with Crippen LogP contribution >= 0.6 is 0 Å². The van der Waals surface area contributed by atoms with Crippen LogP contribution in [0.15, 0.2) is 51.9 Å². The lowest BCUT2D eigenvalue weighted by Gasteiger charge is -2.39. The molecule has 1 aliphatic rings. The number of aliphatic hydroxyl groups excluding tert-OH is 4. The normalized spacial score (nSPS) is 25.6. The van der Waals surface area contributed by atoms with E-state index in [2.05, 4.69) is 0 Å². The van der Waals surface area contributed by atoms with Gasteiger partial charge >= 0.3 is 0 Å². The molecule has 2 heterocycles. The first-order valence-electron chi connectivity index (χ1n) is 9.74. The van der Waals surface area contributed by atoms with E-state index in [4.69, 9.17) is 18.6 Å². The van der Waals surface area contributed by atoms with Gasteiger partial charge < -0.3 is 44.2 Å². The van der Waals surface area contributed by atoms with Gasteiger partial charge in [0.2, 0.25) is 11.7 Å². The van der Waals surface area contributed by atoms with Crippen molar-refractivity contribution in [1.29, 1.82) is 0 Å². The van der Waals surface area contributed by atoms with Crippen LogP contribution in [-0.4, -0.2) is 70.0 Å². The first kappa shape index (κ1) is 22.1. The maximum Gasteiger partial charge on any atom is 0.229 e. The standard InChI is InChI=1S/C22H22O10/c1-29-15-6-12-14(30-9-13(18(12)25)10-2-4-11(24)5-3-10)7-16(15)31-22-21(28)20(27)19(26)17(8-23)32-22/h2-7,9,17,19-24,26-28H,8H2,1H3/t17-,19-,20-,21-,22-/m1/s1. The van der Waals surface area contributed by atoms with Crippen LogP contribution in [0.2, 0.25) is 0 Å². The van der Waals surface area contributed by atoms with Crippen LogP contribution in [0.25, 0.3) is 22.1 Å². The Bertz CT molecular complexity index is 1150. The van der Waals surface area contributed by atoms with E-state index in [9.17, 15) is 30.3 Å². The van der Waals surface area contributed by atoms with E-state index < -0.39 is 37.3 Å². The van der Waals surface area contributed by atoms with Gasteiger partial charge in [0.25, 0.3) is 0 Å². The Hall–Kier alpha value is -3.15. The minimum atomic E-state index is -1.61. The summed E-state index contributed by atoms with van der Waals surface area (Å²) in [5.41, 5.74) is 0.661. The molecule has 10 heteroatoms. The SMILES string of the molecule is COc1cc2c(=O)c(-c3ccc(O)cc3)coc2cc1O[C@@H]1O[C@H](CO)[C@@H](O)[C@@H](O)[C@H]1O. The van der Waals surface area contributed by atoms with Crippen LogP contribution in [0.4, 0.5) is 0 Å². The molecular weight excluding hydrogens is 424 g/mol. The highest BCUT2D eigenvalue weighted by atomic mass is 16.7. The van der Waals surface area contributed by atoms with Gasteiger partial charge in [-0.2, -0.15) is 0 Å². The van der Waals surface area contributed by atoms with Crippen molar-refractivity contribution >= 4 is 11.0 Å². The van der Waals surface area contributed by atoms with Crippen molar-refractivity contribution in [1.82, 2.24) is 0 Å². The number of hydrogen-bond donors (Lipinski definition) is 5. The van der Waals surface area contributed by atoms with Crippen LogP contribution in [-0.2, 0) is 4.74 Å². The van der Waals surface area contributed by atoms with Crippen LogP contribution in [0.3, 0.4) is 0 Å². The van der Waals surface area contributed by atoms with E-state index in [0.29, 0.717) is 5.56 Å². The number of rotatable bonds is 5. The zero-order valence-corrected chi connectivity index (χ0v) is 16.9. The van der Waals surface area contributed by atoms with Crippen molar-refractivity contribution in [2.45, 2.75) is 30.7 Å². The lowest BCUT2D eigenvalue weighted by molar-refractivity contribution is -0.277. The zero-order valence-electron chi connectivity index (χ0n) is 16.9. The lowest BCUT2D eigenvalue weighted by Crippen LogP contribution is -2.60. The molecule has 4 rings (SSSR count). The Morgan fingerprint density at radius 3 is 2.38 bits per heavy atom. The second-order valence-corrected chi connectivity index (χ2v) is 7.34. The van der Waals surface area contributed by atoms with Crippen LogP contribution in [0, 0.1) is 0 Å². The van der Waals surface area contributed by atoms with Crippen molar-refractivity contribution < 1.29 is 44.2 Å². The van der Waals surface area contributed by atoms with Crippen molar-refractivity contribution in [3.8, 4) is 28.4 Å². The second-order valence-electron chi connectivity index (χ2n) is 7.34. The minimum absolute atomic E-state index is 0.0462. The fraction of sp³-hybridized carbons (Fsp3) is 0.318. The molecule has 32 heavy (non-hydrogen) atoms. The average Bonchev–Trinajstić information content (AvgIpc) is 2.80. The van der Waals surface area contributed by atoms with Gasteiger partial charge in [0.15, 0.2) is 11.5 Å². The Morgan fingerprint density at radius 2 is 1.72 bits per heavy atom. The van der Waals surface area contributed by atoms with Crippen molar-refractivity contribution in [2.75, 3.05) is 13.7 Å². The van der Waals surface area contributed by atoms with Gasteiger partial charge in [0.1, 0.15) is 42.0 Å². The summed E-state index contributed by atoms with van der Waals surface area (Å²) >= 11 is 0. The van der Waals surface area contributed by atoms with E-state index in [0.717, 1.165) is 0 Å². The van der Waals surface area contributed by atoms with E-state index >= 15 is 0 Å². The number of benzene rings is 2. The number of aliphatic hydroxyl groups is 4.